The van der Waals surface area contributed by atoms with E-state index in [9.17, 15) is 26.3 Å². The zero-order valence-corrected chi connectivity index (χ0v) is 18.2. The monoisotopic (exact) mass is 490 g/mol. The summed E-state index contributed by atoms with van der Waals surface area (Å²) in [5.74, 6) is 0.727. The van der Waals surface area contributed by atoms with Crippen LogP contribution in [0, 0.1) is 6.92 Å². The minimum atomic E-state index is -4.63. The quantitative estimate of drug-likeness (QED) is 0.449. The molecule has 13 heteroatoms. The lowest BCUT2D eigenvalue weighted by Gasteiger charge is -2.20. The second kappa shape index (κ2) is 9.87. The lowest BCUT2D eigenvalue weighted by molar-refractivity contribution is -0.219. The van der Waals surface area contributed by atoms with Gasteiger partial charge in [-0.3, -0.25) is 4.98 Å². The molecule has 0 saturated heterocycles. The summed E-state index contributed by atoms with van der Waals surface area (Å²) < 4.78 is 92.7. The number of rotatable bonds is 8. The highest BCUT2D eigenvalue weighted by Crippen LogP contribution is 2.35. The van der Waals surface area contributed by atoms with Crippen LogP contribution in [0.3, 0.4) is 0 Å². The van der Waals surface area contributed by atoms with E-state index in [1.54, 1.807) is 6.92 Å². The Morgan fingerprint density at radius 2 is 1.74 bits per heavy atom. The molecule has 0 fully saturated rings. The molecule has 0 aliphatic heterocycles. The second-order valence-corrected chi connectivity index (χ2v) is 7.12. The lowest BCUT2D eigenvalue weighted by Crippen LogP contribution is -2.36. The number of aromatic nitrogens is 3. The van der Waals surface area contributed by atoms with E-state index in [1.807, 2.05) is 0 Å². The predicted octanol–water partition coefficient (Wildman–Crippen LogP) is 4.93. The van der Waals surface area contributed by atoms with Crippen molar-refractivity contribution in [2.75, 3.05) is 26.1 Å². The van der Waals surface area contributed by atoms with E-state index < -0.39 is 30.8 Å². The van der Waals surface area contributed by atoms with Crippen LogP contribution in [0.5, 0.6) is 11.5 Å². The highest BCUT2D eigenvalue weighted by Gasteiger charge is 2.40. The van der Waals surface area contributed by atoms with Crippen LogP contribution in [0.2, 0.25) is 0 Å². The van der Waals surface area contributed by atoms with Crippen molar-refractivity contribution < 1.29 is 40.6 Å². The minimum Gasteiger partial charge on any atom is -0.493 e. The minimum absolute atomic E-state index is 0.0138. The van der Waals surface area contributed by atoms with E-state index in [0.29, 0.717) is 22.3 Å². The highest BCUT2D eigenvalue weighted by atomic mass is 19.4. The van der Waals surface area contributed by atoms with Crippen molar-refractivity contribution in [2.24, 2.45) is 0 Å². The number of pyridine rings is 1. The van der Waals surface area contributed by atoms with Gasteiger partial charge in [-0.1, -0.05) is 0 Å². The van der Waals surface area contributed by atoms with E-state index in [-0.39, 0.29) is 23.9 Å². The van der Waals surface area contributed by atoms with E-state index in [2.05, 4.69) is 25.0 Å². The van der Waals surface area contributed by atoms with Crippen LogP contribution in [0.4, 0.5) is 32.2 Å². The van der Waals surface area contributed by atoms with Crippen LogP contribution in [-0.2, 0) is 17.5 Å². The first-order valence-electron chi connectivity index (χ1n) is 9.77. The fourth-order valence-electron chi connectivity index (χ4n) is 3.05. The summed E-state index contributed by atoms with van der Waals surface area (Å²) in [6.07, 6.45) is -10.3. The average Bonchev–Trinajstić information content (AvgIpc) is 2.76. The molecule has 1 unspecified atom stereocenters. The third-order valence-electron chi connectivity index (χ3n) is 4.71. The topological polar surface area (TPSA) is 78.4 Å². The molecule has 1 aromatic carbocycles. The molecule has 2 aromatic heterocycles. The van der Waals surface area contributed by atoms with Gasteiger partial charge in [-0.25, -0.2) is 9.97 Å². The first kappa shape index (κ1) is 25.3. The van der Waals surface area contributed by atoms with Gasteiger partial charge in [0.2, 0.25) is 0 Å². The summed E-state index contributed by atoms with van der Waals surface area (Å²) in [5, 5.41) is 3.31. The molecule has 0 bridgehead atoms. The molecule has 0 amide bonds. The first-order valence-corrected chi connectivity index (χ1v) is 9.77. The largest absolute Gasteiger partial charge is 0.493 e. The van der Waals surface area contributed by atoms with Gasteiger partial charge in [-0.2, -0.15) is 26.3 Å². The number of hydrogen-bond donors (Lipinski definition) is 1. The van der Waals surface area contributed by atoms with Crippen molar-refractivity contribution >= 4 is 16.7 Å². The van der Waals surface area contributed by atoms with Gasteiger partial charge in [0.05, 0.1) is 12.6 Å². The fraction of sp³-hybridized carbons (Fsp3) is 0.381. The van der Waals surface area contributed by atoms with Crippen molar-refractivity contribution in [3.8, 4) is 11.5 Å². The standard InChI is InChI=1S/C21H20F6N4O3/c1-11-30-14-8-15(32-2)16(34-10-18(33-3)21(25,26)27)7-13(14)19(31-11)29-9-12-4-5-28-17(6-12)20(22,23)24/h4-8,18H,9-10H2,1-3H3,(H,29,30,31). The molecule has 0 saturated carbocycles. The summed E-state index contributed by atoms with van der Waals surface area (Å²) in [5.41, 5.74) is -0.345. The van der Waals surface area contributed by atoms with Gasteiger partial charge in [0.15, 0.2) is 17.6 Å². The van der Waals surface area contributed by atoms with Gasteiger partial charge in [0.1, 0.15) is 23.9 Å². The normalized spacial score (nSPS) is 13.1. The van der Waals surface area contributed by atoms with Gasteiger partial charge in [0, 0.05) is 31.3 Å². The summed E-state index contributed by atoms with van der Waals surface area (Å²) in [4.78, 5) is 11.9. The number of benzene rings is 1. The SMILES string of the molecule is COc1cc2nc(C)nc(NCc3ccnc(C(F)(F)F)c3)c2cc1OCC(OC)C(F)(F)F. The highest BCUT2D eigenvalue weighted by molar-refractivity contribution is 5.91. The van der Waals surface area contributed by atoms with Crippen LogP contribution in [0.25, 0.3) is 10.9 Å². The van der Waals surface area contributed by atoms with E-state index in [1.165, 1.54) is 25.3 Å². The van der Waals surface area contributed by atoms with Gasteiger partial charge in [0.25, 0.3) is 0 Å². The van der Waals surface area contributed by atoms with Crippen LogP contribution in [0.1, 0.15) is 17.1 Å². The molecule has 34 heavy (non-hydrogen) atoms. The Bertz CT molecular complexity index is 1150. The molecule has 3 aromatic rings. The number of alkyl halides is 6. The molecule has 0 radical (unpaired) electrons. The van der Waals surface area contributed by atoms with E-state index in [0.717, 1.165) is 19.4 Å². The van der Waals surface area contributed by atoms with Crippen LogP contribution < -0.4 is 14.8 Å². The van der Waals surface area contributed by atoms with E-state index >= 15 is 0 Å². The summed E-state index contributed by atoms with van der Waals surface area (Å²) in [6, 6.07) is 5.18. The molecule has 0 aliphatic carbocycles. The molecule has 1 N–H and O–H groups in total. The van der Waals surface area contributed by atoms with Crippen molar-refractivity contribution in [3.63, 3.8) is 0 Å². The maximum Gasteiger partial charge on any atom is 0.433 e. The maximum atomic E-state index is 13.0. The number of aryl methyl sites for hydroxylation is 1. The van der Waals surface area contributed by atoms with E-state index in [4.69, 9.17) is 9.47 Å². The molecule has 0 aliphatic rings. The number of methoxy groups -OCH3 is 2. The Kier molecular flexibility index (Phi) is 7.34. The van der Waals surface area contributed by atoms with Crippen molar-refractivity contribution in [2.45, 2.75) is 31.9 Å². The van der Waals surface area contributed by atoms with Gasteiger partial charge in [-0.15, -0.1) is 0 Å². The molecule has 184 valence electrons. The zero-order chi connectivity index (χ0) is 25.1. The third-order valence-corrected chi connectivity index (χ3v) is 4.71. The fourth-order valence-corrected chi connectivity index (χ4v) is 3.05. The number of halogens is 6. The predicted molar refractivity (Wildman–Crippen MR) is 110 cm³/mol. The Labute approximate surface area is 190 Å². The number of hydrogen-bond acceptors (Lipinski definition) is 7. The van der Waals surface area contributed by atoms with Crippen LogP contribution >= 0.6 is 0 Å². The zero-order valence-electron chi connectivity index (χ0n) is 18.2. The molecular formula is C21H20F6N4O3. The van der Waals surface area contributed by atoms with Crippen LogP contribution in [0.15, 0.2) is 30.5 Å². The number of fused-ring (bicyclic) bond motifs is 1. The van der Waals surface area contributed by atoms with Crippen LogP contribution in [-0.4, -0.2) is 48.1 Å². The molecule has 7 nitrogen and oxygen atoms in total. The third kappa shape index (κ3) is 5.95. The number of nitrogens with zero attached hydrogens (tertiary/aromatic N) is 3. The molecule has 0 spiro atoms. The van der Waals surface area contributed by atoms with Crippen molar-refractivity contribution in [1.82, 2.24) is 15.0 Å². The van der Waals surface area contributed by atoms with Crippen molar-refractivity contribution in [3.05, 3.63) is 47.5 Å². The number of nitrogens with one attached hydrogen (secondary N) is 1. The lowest BCUT2D eigenvalue weighted by atomic mass is 10.2. The summed E-state index contributed by atoms with van der Waals surface area (Å²) in [7, 11) is 2.24. The number of ether oxygens (including phenoxy) is 3. The Morgan fingerprint density at radius 3 is 2.35 bits per heavy atom. The Morgan fingerprint density at radius 1 is 1.00 bits per heavy atom. The maximum absolute atomic E-state index is 13.0. The molecule has 1 atom stereocenters. The average molecular weight is 490 g/mol. The molecule has 2 heterocycles. The summed E-state index contributed by atoms with van der Waals surface area (Å²) >= 11 is 0. The number of anilines is 1. The van der Waals surface area contributed by atoms with Gasteiger partial charge in [-0.05, 0) is 30.7 Å². The smallest absolute Gasteiger partial charge is 0.433 e. The Balaban J connectivity index is 1.92. The Hall–Kier alpha value is -3.35. The van der Waals surface area contributed by atoms with Crippen molar-refractivity contribution in [1.29, 1.82) is 0 Å². The second-order valence-electron chi connectivity index (χ2n) is 7.12. The first-order chi connectivity index (χ1) is 15.9. The van der Waals surface area contributed by atoms with Gasteiger partial charge < -0.3 is 19.5 Å². The van der Waals surface area contributed by atoms with Gasteiger partial charge >= 0.3 is 12.4 Å². The summed E-state index contributed by atoms with van der Waals surface area (Å²) in [6.45, 7) is 0.760. The molecule has 3 rings (SSSR count). The molecular weight excluding hydrogens is 470 g/mol.